The number of anilines is 1. The quantitative estimate of drug-likeness (QED) is 0.753. The first-order valence-electron chi connectivity index (χ1n) is 6.52. The summed E-state index contributed by atoms with van der Waals surface area (Å²) in [6.45, 7) is 1.80. The van der Waals surface area contributed by atoms with Crippen molar-refractivity contribution in [3.05, 3.63) is 42.5 Å². The average Bonchev–Trinajstić information content (AvgIpc) is 2.92. The molecule has 0 amide bonds. The van der Waals surface area contributed by atoms with Gasteiger partial charge >= 0.3 is 0 Å². The summed E-state index contributed by atoms with van der Waals surface area (Å²) in [5.74, 6) is 1.24. The van der Waals surface area contributed by atoms with Crippen molar-refractivity contribution in [2.24, 2.45) is 0 Å². The predicted octanol–water partition coefficient (Wildman–Crippen LogP) is 2.88. The van der Waals surface area contributed by atoms with Gasteiger partial charge < -0.3 is 5.32 Å². The molecule has 2 aromatic rings. The lowest BCUT2D eigenvalue weighted by molar-refractivity contribution is 0.685. The van der Waals surface area contributed by atoms with Crippen LogP contribution in [0.1, 0.15) is 18.4 Å². The third-order valence-electron chi connectivity index (χ3n) is 2.84. The van der Waals surface area contributed by atoms with Crippen LogP contribution in [0.3, 0.4) is 0 Å². The van der Waals surface area contributed by atoms with Crippen LogP contribution in [0.2, 0.25) is 0 Å². The minimum Gasteiger partial charge on any atom is -0.385 e. The standard InChI is InChI=1S/C14H20N4S/c1-19-8-3-2-7-16-14-6-4-5-13(9-14)10-18-12-15-11-17-18/h4-6,9,11-12,16H,2-3,7-8,10H2,1H3. The summed E-state index contributed by atoms with van der Waals surface area (Å²) >= 11 is 1.91. The summed E-state index contributed by atoms with van der Waals surface area (Å²) in [6, 6.07) is 8.48. The topological polar surface area (TPSA) is 42.7 Å². The fourth-order valence-corrected chi connectivity index (χ4v) is 2.38. The van der Waals surface area contributed by atoms with Crippen LogP contribution >= 0.6 is 11.8 Å². The molecule has 0 atom stereocenters. The summed E-state index contributed by atoms with van der Waals surface area (Å²) in [7, 11) is 0. The van der Waals surface area contributed by atoms with Gasteiger partial charge in [0, 0.05) is 12.2 Å². The Bertz CT molecular complexity index is 470. The molecule has 0 saturated heterocycles. The first-order valence-corrected chi connectivity index (χ1v) is 7.92. The maximum Gasteiger partial charge on any atom is 0.137 e. The molecule has 2 rings (SSSR count). The predicted molar refractivity (Wildman–Crippen MR) is 81.7 cm³/mol. The van der Waals surface area contributed by atoms with E-state index in [-0.39, 0.29) is 0 Å². The van der Waals surface area contributed by atoms with E-state index < -0.39 is 0 Å². The summed E-state index contributed by atoms with van der Waals surface area (Å²) in [5.41, 5.74) is 2.42. The Morgan fingerprint density at radius 3 is 3.05 bits per heavy atom. The third-order valence-corrected chi connectivity index (χ3v) is 3.54. The van der Waals surface area contributed by atoms with Gasteiger partial charge in [-0.1, -0.05) is 12.1 Å². The smallest absolute Gasteiger partial charge is 0.137 e. The zero-order valence-corrected chi connectivity index (χ0v) is 12.1. The average molecular weight is 276 g/mol. The Kier molecular flexibility index (Phi) is 5.75. The number of aromatic nitrogens is 3. The van der Waals surface area contributed by atoms with E-state index in [4.69, 9.17) is 0 Å². The van der Waals surface area contributed by atoms with E-state index in [0.717, 1.165) is 13.1 Å². The Morgan fingerprint density at radius 1 is 1.32 bits per heavy atom. The molecule has 0 saturated carbocycles. The van der Waals surface area contributed by atoms with Crippen molar-refractivity contribution in [3.63, 3.8) is 0 Å². The monoisotopic (exact) mass is 276 g/mol. The lowest BCUT2D eigenvalue weighted by Gasteiger charge is -2.08. The Labute approximate surface area is 118 Å². The molecule has 5 heteroatoms. The van der Waals surface area contributed by atoms with Gasteiger partial charge in [-0.25, -0.2) is 9.67 Å². The normalized spacial score (nSPS) is 10.6. The molecule has 4 nitrogen and oxygen atoms in total. The van der Waals surface area contributed by atoms with Gasteiger partial charge in [0.05, 0.1) is 6.54 Å². The lowest BCUT2D eigenvalue weighted by atomic mass is 10.2. The zero-order valence-electron chi connectivity index (χ0n) is 11.2. The van der Waals surface area contributed by atoms with Crippen molar-refractivity contribution in [3.8, 4) is 0 Å². The molecule has 0 aliphatic heterocycles. The highest BCUT2D eigenvalue weighted by Gasteiger charge is 1.98. The first kappa shape index (κ1) is 13.9. The lowest BCUT2D eigenvalue weighted by Crippen LogP contribution is -2.04. The fraction of sp³-hybridized carbons (Fsp3) is 0.429. The molecule has 1 aromatic heterocycles. The van der Waals surface area contributed by atoms with Crippen LogP contribution in [0.5, 0.6) is 0 Å². The van der Waals surface area contributed by atoms with Gasteiger partial charge in [0.1, 0.15) is 12.7 Å². The number of rotatable bonds is 8. The molecule has 1 N–H and O–H groups in total. The molecular weight excluding hydrogens is 256 g/mol. The van der Waals surface area contributed by atoms with Gasteiger partial charge in [-0.3, -0.25) is 0 Å². The molecule has 0 bridgehead atoms. The van der Waals surface area contributed by atoms with E-state index in [1.165, 1.54) is 29.8 Å². The second-order valence-electron chi connectivity index (χ2n) is 4.42. The molecule has 102 valence electrons. The Balaban J connectivity index is 1.81. The highest BCUT2D eigenvalue weighted by molar-refractivity contribution is 7.98. The molecule has 1 aromatic carbocycles. The van der Waals surface area contributed by atoms with Crippen molar-refractivity contribution in [2.75, 3.05) is 23.9 Å². The van der Waals surface area contributed by atoms with Crippen LogP contribution in [0.4, 0.5) is 5.69 Å². The molecule has 0 spiro atoms. The van der Waals surface area contributed by atoms with E-state index in [9.17, 15) is 0 Å². The fourth-order valence-electron chi connectivity index (χ4n) is 1.89. The van der Waals surface area contributed by atoms with E-state index >= 15 is 0 Å². The van der Waals surface area contributed by atoms with Crippen LogP contribution in [0, 0.1) is 0 Å². The van der Waals surface area contributed by atoms with Crippen molar-refractivity contribution >= 4 is 17.4 Å². The van der Waals surface area contributed by atoms with E-state index in [2.05, 4.69) is 45.9 Å². The SMILES string of the molecule is CSCCCCNc1cccc(Cn2cncn2)c1. The van der Waals surface area contributed by atoms with Gasteiger partial charge in [0.15, 0.2) is 0 Å². The summed E-state index contributed by atoms with van der Waals surface area (Å²) in [4.78, 5) is 3.95. The largest absolute Gasteiger partial charge is 0.385 e. The van der Waals surface area contributed by atoms with Crippen LogP contribution in [0.25, 0.3) is 0 Å². The molecule has 1 heterocycles. The maximum atomic E-state index is 4.12. The van der Waals surface area contributed by atoms with Crippen LogP contribution in [-0.2, 0) is 6.54 Å². The van der Waals surface area contributed by atoms with Crippen molar-refractivity contribution < 1.29 is 0 Å². The van der Waals surface area contributed by atoms with Gasteiger partial charge in [-0.2, -0.15) is 16.9 Å². The summed E-state index contributed by atoms with van der Waals surface area (Å²) in [6.07, 6.45) is 7.94. The number of nitrogens with zero attached hydrogens (tertiary/aromatic N) is 3. The highest BCUT2D eigenvalue weighted by atomic mass is 32.2. The number of nitrogens with one attached hydrogen (secondary N) is 1. The zero-order chi connectivity index (χ0) is 13.3. The van der Waals surface area contributed by atoms with Crippen LogP contribution < -0.4 is 5.32 Å². The molecule has 19 heavy (non-hydrogen) atoms. The Morgan fingerprint density at radius 2 is 2.26 bits per heavy atom. The van der Waals surface area contributed by atoms with Gasteiger partial charge in [-0.15, -0.1) is 0 Å². The van der Waals surface area contributed by atoms with Crippen LogP contribution in [-0.4, -0.2) is 33.3 Å². The minimum absolute atomic E-state index is 0.766. The highest BCUT2D eigenvalue weighted by Crippen LogP contribution is 2.12. The third kappa shape index (κ3) is 4.95. The van der Waals surface area contributed by atoms with E-state index in [0.29, 0.717) is 0 Å². The van der Waals surface area contributed by atoms with Gasteiger partial charge in [0.25, 0.3) is 0 Å². The molecule has 0 aliphatic carbocycles. The molecule has 0 radical (unpaired) electrons. The number of unbranched alkanes of at least 4 members (excludes halogenated alkanes) is 1. The summed E-state index contributed by atoms with van der Waals surface area (Å²) < 4.78 is 1.83. The molecule has 0 aliphatic rings. The maximum absolute atomic E-state index is 4.12. The van der Waals surface area contributed by atoms with Crippen molar-refractivity contribution in [1.82, 2.24) is 14.8 Å². The Hall–Kier alpha value is -1.49. The van der Waals surface area contributed by atoms with E-state index in [1.807, 2.05) is 16.4 Å². The number of hydrogen-bond donors (Lipinski definition) is 1. The second-order valence-corrected chi connectivity index (χ2v) is 5.41. The number of benzene rings is 1. The van der Waals surface area contributed by atoms with E-state index in [1.54, 1.807) is 12.7 Å². The minimum atomic E-state index is 0.766. The van der Waals surface area contributed by atoms with Crippen LogP contribution in [0.15, 0.2) is 36.9 Å². The molecular formula is C14H20N4S. The van der Waals surface area contributed by atoms with Crippen molar-refractivity contribution in [2.45, 2.75) is 19.4 Å². The van der Waals surface area contributed by atoms with Gasteiger partial charge in [0.2, 0.25) is 0 Å². The van der Waals surface area contributed by atoms with Crippen molar-refractivity contribution in [1.29, 1.82) is 0 Å². The van der Waals surface area contributed by atoms with Gasteiger partial charge in [-0.05, 0) is 42.5 Å². The molecule has 0 fully saturated rings. The summed E-state index contributed by atoms with van der Waals surface area (Å²) in [5, 5.41) is 7.59. The number of hydrogen-bond acceptors (Lipinski definition) is 4. The molecule has 0 unspecified atom stereocenters. The second kappa shape index (κ2) is 7.84. The first-order chi connectivity index (χ1) is 9.38. The number of thioether (sulfide) groups is 1.